The Bertz CT molecular complexity index is 869. The SMILES string of the molecule is CC[C@@H](C)NC(=O)C(=O)N/N=C\c1ccc(OCc2ccc(Br)cc2)c(OC)c1. The van der Waals surface area contributed by atoms with Crippen molar-refractivity contribution < 1.29 is 19.1 Å². The van der Waals surface area contributed by atoms with Gasteiger partial charge in [-0.05, 0) is 54.8 Å². The summed E-state index contributed by atoms with van der Waals surface area (Å²) in [6.45, 7) is 4.14. The zero-order valence-corrected chi connectivity index (χ0v) is 18.2. The van der Waals surface area contributed by atoms with Gasteiger partial charge in [-0.1, -0.05) is 35.0 Å². The van der Waals surface area contributed by atoms with Crippen LogP contribution in [0.5, 0.6) is 11.5 Å². The molecule has 0 radical (unpaired) electrons. The van der Waals surface area contributed by atoms with Crippen molar-refractivity contribution in [2.24, 2.45) is 5.10 Å². The normalized spacial score (nSPS) is 11.7. The van der Waals surface area contributed by atoms with Crippen LogP contribution in [-0.4, -0.2) is 31.2 Å². The molecule has 1 atom stereocenters. The molecule has 0 fully saturated rings. The van der Waals surface area contributed by atoms with Gasteiger partial charge < -0.3 is 14.8 Å². The Morgan fingerprint density at radius 3 is 2.52 bits per heavy atom. The fourth-order valence-electron chi connectivity index (χ4n) is 2.23. The minimum atomic E-state index is -0.817. The molecule has 2 aromatic carbocycles. The largest absolute Gasteiger partial charge is 0.493 e. The first kappa shape index (κ1) is 22.4. The molecule has 7 nitrogen and oxygen atoms in total. The molecule has 8 heteroatoms. The second kappa shape index (κ2) is 11.2. The number of benzene rings is 2. The average molecular weight is 462 g/mol. The number of hydrogen-bond acceptors (Lipinski definition) is 5. The van der Waals surface area contributed by atoms with Crippen LogP contribution in [0.25, 0.3) is 0 Å². The van der Waals surface area contributed by atoms with Crippen molar-refractivity contribution in [1.82, 2.24) is 10.7 Å². The maximum atomic E-state index is 11.7. The summed E-state index contributed by atoms with van der Waals surface area (Å²) in [6, 6.07) is 13.0. The van der Waals surface area contributed by atoms with Crippen LogP contribution in [-0.2, 0) is 16.2 Å². The smallest absolute Gasteiger partial charge is 0.329 e. The molecule has 0 bridgehead atoms. The fourth-order valence-corrected chi connectivity index (χ4v) is 2.50. The van der Waals surface area contributed by atoms with Gasteiger partial charge >= 0.3 is 11.8 Å². The zero-order valence-electron chi connectivity index (χ0n) is 16.6. The summed E-state index contributed by atoms with van der Waals surface area (Å²) in [6.07, 6.45) is 2.16. The molecule has 0 saturated carbocycles. The number of ether oxygens (including phenoxy) is 2. The lowest BCUT2D eigenvalue weighted by Gasteiger charge is -2.11. The third kappa shape index (κ3) is 7.23. The van der Waals surface area contributed by atoms with Gasteiger partial charge in [0, 0.05) is 10.5 Å². The Morgan fingerprint density at radius 1 is 1.14 bits per heavy atom. The second-order valence-electron chi connectivity index (χ2n) is 6.31. The van der Waals surface area contributed by atoms with E-state index < -0.39 is 11.8 Å². The lowest BCUT2D eigenvalue weighted by atomic mass is 10.2. The van der Waals surface area contributed by atoms with Crippen LogP contribution in [0.4, 0.5) is 0 Å². The average Bonchev–Trinajstić information content (AvgIpc) is 2.73. The van der Waals surface area contributed by atoms with Gasteiger partial charge in [0.05, 0.1) is 13.3 Å². The lowest BCUT2D eigenvalue weighted by molar-refractivity contribution is -0.139. The van der Waals surface area contributed by atoms with Gasteiger partial charge in [-0.15, -0.1) is 0 Å². The van der Waals surface area contributed by atoms with Crippen LogP contribution < -0.4 is 20.2 Å². The maximum absolute atomic E-state index is 11.7. The molecule has 2 aromatic rings. The van der Waals surface area contributed by atoms with E-state index in [4.69, 9.17) is 9.47 Å². The van der Waals surface area contributed by atoms with E-state index in [1.807, 2.05) is 38.1 Å². The Morgan fingerprint density at radius 2 is 1.86 bits per heavy atom. The molecule has 2 amide bonds. The highest BCUT2D eigenvalue weighted by Crippen LogP contribution is 2.28. The maximum Gasteiger partial charge on any atom is 0.329 e. The molecule has 29 heavy (non-hydrogen) atoms. The molecule has 0 aromatic heterocycles. The van der Waals surface area contributed by atoms with E-state index in [-0.39, 0.29) is 6.04 Å². The summed E-state index contributed by atoms with van der Waals surface area (Å²) in [7, 11) is 1.55. The molecule has 0 unspecified atom stereocenters. The summed E-state index contributed by atoms with van der Waals surface area (Å²) in [5.41, 5.74) is 3.91. The van der Waals surface area contributed by atoms with Crippen LogP contribution in [0.3, 0.4) is 0 Å². The fraction of sp³-hybridized carbons (Fsp3) is 0.286. The third-order valence-electron chi connectivity index (χ3n) is 4.07. The van der Waals surface area contributed by atoms with Crippen molar-refractivity contribution >= 4 is 34.0 Å². The predicted octanol–water partition coefficient (Wildman–Crippen LogP) is 3.40. The molecule has 0 aliphatic carbocycles. The summed E-state index contributed by atoms with van der Waals surface area (Å²) in [5, 5.41) is 6.39. The standard InChI is InChI=1S/C21H24BrN3O4/c1-4-14(2)24-20(26)21(27)25-23-12-16-7-10-18(19(11-16)28-3)29-13-15-5-8-17(22)9-6-15/h5-12,14H,4,13H2,1-3H3,(H,24,26)(H,25,27)/b23-12-/t14-/m1/s1. The number of hydrogen-bond donors (Lipinski definition) is 2. The van der Waals surface area contributed by atoms with Crippen molar-refractivity contribution in [1.29, 1.82) is 0 Å². The summed E-state index contributed by atoms with van der Waals surface area (Å²) in [5.74, 6) is -0.412. The number of rotatable bonds is 8. The Kier molecular flexibility index (Phi) is 8.67. The monoisotopic (exact) mass is 461 g/mol. The van der Waals surface area contributed by atoms with E-state index in [1.54, 1.807) is 25.3 Å². The Labute approximate surface area is 178 Å². The molecule has 0 heterocycles. The summed E-state index contributed by atoms with van der Waals surface area (Å²) in [4.78, 5) is 23.4. The highest BCUT2D eigenvalue weighted by molar-refractivity contribution is 9.10. The van der Waals surface area contributed by atoms with Crippen molar-refractivity contribution in [3.8, 4) is 11.5 Å². The van der Waals surface area contributed by atoms with Gasteiger partial charge in [0.25, 0.3) is 0 Å². The Balaban J connectivity index is 1.95. The van der Waals surface area contributed by atoms with E-state index >= 15 is 0 Å². The number of nitrogens with one attached hydrogen (secondary N) is 2. The van der Waals surface area contributed by atoms with Crippen molar-refractivity contribution in [2.45, 2.75) is 32.9 Å². The highest BCUT2D eigenvalue weighted by Gasteiger charge is 2.14. The molecule has 2 rings (SSSR count). The van der Waals surface area contributed by atoms with Gasteiger partial charge in [0.15, 0.2) is 11.5 Å². The number of carbonyl (C=O) groups excluding carboxylic acids is 2. The number of halogens is 1. The van der Waals surface area contributed by atoms with Crippen LogP contribution >= 0.6 is 15.9 Å². The molecule has 2 N–H and O–H groups in total. The molecule has 154 valence electrons. The first-order valence-corrected chi connectivity index (χ1v) is 9.91. The van der Waals surface area contributed by atoms with E-state index in [0.29, 0.717) is 23.7 Å². The van der Waals surface area contributed by atoms with Gasteiger partial charge in [-0.3, -0.25) is 9.59 Å². The summed E-state index contributed by atoms with van der Waals surface area (Å²) >= 11 is 3.40. The first-order chi connectivity index (χ1) is 13.9. The Hall–Kier alpha value is -2.87. The lowest BCUT2D eigenvalue weighted by Crippen LogP contribution is -2.41. The number of amides is 2. The highest BCUT2D eigenvalue weighted by atomic mass is 79.9. The van der Waals surface area contributed by atoms with E-state index in [0.717, 1.165) is 16.5 Å². The van der Waals surface area contributed by atoms with Crippen LogP contribution in [0.2, 0.25) is 0 Å². The number of nitrogens with zero attached hydrogens (tertiary/aromatic N) is 1. The molecule has 0 aliphatic rings. The minimum Gasteiger partial charge on any atom is -0.493 e. The van der Waals surface area contributed by atoms with Crippen molar-refractivity contribution in [3.63, 3.8) is 0 Å². The first-order valence-electron chi connectivity index (χ1n) is 9.12. The summed E-state index contributed by atoms with van der Waals surface area (Å²) < 4.78 is 12.2. The van der Waals surface area contributed by atoms with Crippen molar-refractivity contribution in [3.05, 3.63) is 58.1 Å². The van der Waals surface area contributed by atoms with E-state index in [2.05, 4.69) is 31.8 Å². The van der Waals surface area contributed by atoms with E-state index in [1.165, 1.54) is 6.21 Å². The molecular weight excluding hydrogens is 438 g/mol. The topological polar surface area (TPSA) is 89.0 Å². The van der Waals surface area contributed by atoms with Crippen molar-refractivity contribution in [2.75, 3.05) is 7.11 Å². The number of methoxy groups -OCH3 is 1. The molecule has 0 saturated heterocycles. The quantitative estimate of drug-likeness (QED) is 0.358. The molecule has 0 aliphatic heterocycles. The van der Waals surface area contributed by atoms with E-state index in [9.17, 15) is 9.59 Å². The van der Waals surface area contributed by atoms with Gasteiger partial charge in [-0.2, -0.15) is 5.10 Å². The van der Waals surface area contributed by atoms with Gasteiger partial charge in [0.1, 0.15) is 6.61 Å². The van der Waals surface area contributed by atoms with Crippen LogP contribution in [0.1, 0.15) is 31.4 Å². The van der Waals surface area contributed by atoms with Gasteiger partial charge in [-0.25, -0.2) is 5.43 Å². The van der Waals surface area contributed by atoms with Gasteiger partial charge in [0.2, 0.25) is 0 Å². The second-order valence-corrected chi connectivity index (χ2v) is 7.22. The molecule has 0 spiro atoms. The zero-order chi connectivity index (χ0) is 21.2. The minimum absolute atomic E-state index is 0.0774. The van der Waals surface area contributed by atoms with Crippen LogP contribution in [0.15, 0.2) is 52.0 Å². The number of carbonyl (C=O) groups is 2. The molecular formula is C21H24BrN3O4. The predicted molar refractivity (Wildman–Crippen MR) is 115 cm³/mol. The third-order valence-corrected chi connectivity index (χ3v) is 4.60. The van der Waals surface area contributed by atoms with Crippen LogP contribution in [0, 0.1) is 0 Å². The number of hydrazone groups is 1.